The largest absolute Gasteiger partial charge is 0.383 e. The van der Waals surface area contributed by atoms with Crippen molar-refractivity contribution in [3.8, 4) is 0 Å². The molecule has 1 heterocycles. The van der Waals surface area contributed by atoms with Gasteiger partial charge in [0.05, 0.1) is 31.6 Å². The summed E-state index contributed by atoms with van der Waals surface area (Å²) < 4.78 is 6.64. The molecule has 94 valence electrons. The van der Waals surface area contributed by atoms with Crippen LogP contribution >= 0.6 is 27.5 Å². The number of methoxy groups -OCH3 is 1. The van der Waals surface area contributed by atoms with Crippen LogP contribution in [-0.2, 0) is 11.3 Å². The van der Waals surface area contributed by atoms with E-state index in [1.165, 1.54) is 4.68 Å². The highest BCUT2D eigenvalue weighted by atomic mass is 79.9. The summed E-state index contributed by atoms with van der Waals surface area (Å²) in [5.74, 6) is 0. The van der Waals surface area contributed by atoms with Crippen LogP contribution in [0.15, 0.2) is 27.1 Å². The molecule has 0 saturated heterocycles. The summed E-state index contributed by atoms with van der Waals surface area (Å²) in [5, 5.41) is 7.42. The monoisotopic (exact) mass is 321 g/mol. The van der Waals surface area contributed by atoms with Gasteiger partial charge >= 0.3 is 0 Å². The van der Waals surface area contributed by atoms with E-state index < -0.39 is 0 Å². The first-order valence-electron chi connectivity index (χ1n) is 4.88. The van der Waals surface area contributed by atoms with Crippen LogP contribution in [-0.4, -0.2) is 30.0 Å². The van der Waals surface area contributed by atoms with Crippen LogP contribution in [0.2, 0.25) is 0 Å². The molecule has 0 aliphatic carbocycles. The molecule has 0 bridgehead atoms. The van der Waals surface area contributed by atoms with Crippen LogP contribution < -0.4 is 10.9 Å². The quantitative estimate of drug-likeness (QED) is 0.868. The minimum Gasteiger partial charge on any atom is -0.383 e. The number of nitrogens with zero attached hydrogens (tertiary/aromatic N) is 2. The Kier molecular flexibility index (Phi) is 5.67. The molecule has 0 radical (unpaired) electrons. The maximum Gasteiger partial charge on any atom is 0.283 e. The lowest BCUT2D eigenvalue weighted by molar-refractivity contribution is 0.181. The van der Waals surface area contributed by atoms with Crippen molar-refractivity contribution in [3.05, 3.63) is 32.6 Å². The minimum absolute atomic E-state index is 0.216. The molecule has 0 atom stereocenters. The zero-order valence-corrected chi connectivity index (χ0v) is 11.7. The molecule has 0 aromatic carbocycles. The number of rotatable bonds is 6. The first kappa shape index (κ1) is 14.2. The fourth-order valence-corrected chi connectivity index (χ4v) is 1.63. The highest BCUT2D eigenvalue weighted by Gasteiger charge is 2.08. The summed E-state index contributed by atoms with van der Waals surface area (Å²) in [4.78, 5) is 11.8. The number of anilines is 1. The molecule has 0 spiro atoms. The Morgan fingerprint density at radius 2 is 2.47 bits per heavy atom. The van der Waals surface area contributed by atoms with Crippen LogP contribution in [0.1, 0.15) is 0 Å². The SMILES string of the molecule is C=C(Cl)CNc1cnn(CCOC)c(=O)c1Br. The number of aromatic nitrogens is 2. The summed E-state index contributed by atoms with van der Waals surface area (Å²) in [5.41, 5.74) is 0.373. The molecule has 1 aromatic rings. The highest BCUT2D eigenvalue weighted by molar-refractivity contribution is 9.10. The summed E-state index contributed by atoms with van der Waals surface area (Å²) >= 11 is 8.85. The Hall–Kier alpha value is -0.850. The second-order valence-electron chi connectivity index (χ2n) is 3.26. The van der Waals surface area contributed by atoms with Crippen LogP contribution in [0.5, 0.6) is 0 Å². The van der Waals surface area contributed by atoms with Crippen molar-refractivity contribution < 1.29 is 4.74 Å². The van der Waals surface area contributed by atoms with Crippen LogP contribution in [0.25, 0.3) is 0 Å². The minimum atomic E-state index is -0.216. The van der Waals surface area contributed by atoms with E-state index in [0.29, 0.717) is 34.9 Å². The Morgan fingerprint density at radius 3 is 3.06 bits per heavy atom. The van der Waals surface area contributed by atoms with Gasteiger partial charge in [0.1, 0.15) is 4.47 Å². The lowest BCUT2D eigenvalue weighted by atomic mass is 10.4. The summed E-state index contributed by atoms with van der Waals surface area (Å²) in [7, 11) is 1.57. The van der Waals surface area contributed by atoms with Crippen LogP contribution in [0.3, 0.4) is 0 Å². The normalized spacial score (nSPS) is 10.3. The molecule has 1 rings (SSSR count). The molecule has 0 unspecified atom stereocenters. The third-order valence-electron chi connectivity index (χ3n) is 1.96. The van der Waals surface area contributed by atoms with Gasteiger partial charge < -0.3 is 10.1 Å². The number of halogens is 2. The molecule has 1 N–H and O–H groups in total. The number of hydrogen-bond donors (Lipinski definition) is 1. The maximum absolute atomic E-state index is 11.8. The Labute approximate surface area is 113 Å². The van der Waals surface area contributed by atoms with Crippen molar-refractivity contribution in [1.82, 2.24) is 9.78 Å². The molecule has 1 aromatic heterocycles. The predicted octanol–water partition coefficient (Wildman–Crippen LogP) is 1.82. The molecule has 0 amide bonds. The lowest BCUT2D eigenvalue weighted by Gasteiger charge is -2.09. The van der Waals surface area contributed by atoms with E-state index in [0.717, 1.165) is 0 Å². The average molecular weight is 323 g/mol. The van der Waals surface area contributed by atoms with Gasteiger partial charge in [-0.25, -0.2) is 4.68 Å². The van der Waals surface area contributed by atoms with E-state index in [1.807, 2.05) is 0 Å². The third-order valence-corrected chi connectivity index (χ3v) is 2.86. The number of hydrogen-bond acceptors (Lipinski definition) is 4. The van der Waals surface area contributed by atoms with Crippen molar-refractivity contribution in [2.75, 3.05) is 25.6 Å². The van der Waals surface area contributed by atoms with Crippen LogP contribution in [0.4, 0.5) is 5.69 Å². The second kappa shape index (κ2) is 6.78. The first-order valence-corrected chi connectivity index (χ1v) is 6.05. The third kappa shape index (κ3) is 4.14. The highest BCUT2D eigenvalue weighted by Crippen LogP contribution is 2.16. The van der Waals surface area contributed by atoms with E-state index in [2.05, 4.69) is 32.9 Å². The fourth-order valence-electron chi connectivity index (χ4n) is 1.12. The van der Waals surface area contributed by atoms with Crippen molar-refractivity contribution in [3.63, 3.8) is 0 Å². The molecule has 5 nitrogen and oxygen atoms in total. The van der Waals surface area contributed by atoms with Gasteiger partial charge in [-0.15, -0.1) is 0 Å². The van der Waals surface area contributed by atoms with Gasteiger partial charge in [0.25, 0.3) is 5.56 Å². The van der Waals surface area contributed by atoms with Crippen LogP contribution in [0, 0.1) is 0 Å². The summed E-state index contributed by atoms with van der Waals surface area (Å²) in [6.07, 6.45) is 1.56. The molecule has 7 heteroatoms. The van der Waals surface area contributed by atoms with Crippen molar-refractivity contribution in [2.45, 2.75) is 6.54 Å². The molecular weight excluding hydrogens is 309 g/mol. The number of nitrogens with one attached hydrogen (secondary N) is 1. The van der Waals surface area contributed by atoms with E-state index >= 15 is 0 Å². The van der Waals surface area contributed by atoms with Gasteiger partial charge in [0.2, 0.25) is 0 Å². The van der Waals surface area contributed by atoms with E-state index in [1.54, 1.807) is 13.3 Å². The van der Waals surface area contributed by atoms with E-state index in [-0.39, 0.29) is 5.56 Å². The maximum atomic E-state index is 11.8. The summed E-state index contributed by atoms with van der Waals surface area (Å²) in [6, 6.07) is 0. The standard InChI is InChI=1S/C10H13BrClN3O2/c1-7(12)5-13-8-6-14-15(3-4-17-2)10(16)9(8)11/h6,13H,1,3-5H2,2H3. The zero-order chi connectivity index (χ0) is 12.8. The van der Waals surface area contributed by atoms with Crippen molar-refractivity contribution >= 4 is 33.2 Å². The van der Waals surface area contributed by atoms with Gasteiger partial charge in [-0.3, -0.25) is 4.79 Å². The van der Waals surface area contributed by atoms with Gasteiger partial charge in [-0.1, -0.05) is 18.2 Å². The van der Waals surface area contributed by atoms with Crippen molar-refractivity contribution in [1.29, 1.82) is 0 Å². The smallest absolute Gasteiger partial charge is 0.283 e. The Morgan fingerprint density at radius 1 is 1.76 bits per heavy atom. The molecule has 17 heavy (non-hydrogen) atoms. The molecule has 0 aliphatic rings. The summed E-state index contributed by atoms with van der Waals surface area (Å²) in [6.45, 7) is 4.77. The first-order chi connectivity index (χ1) is 8.06. The van der Waals surface area contributed by atoms with Gasteiger partial charge in [0.15, 0.2) is 0 Å². The van der Waals surface area contributed by atoms with E-state index in [4.69, 9.17) is 16.3 Å². The van der Waals surface area contributed by atoms with Gasteiger partial charge in [-0.05, 0) is 15.9 Å². The molecule has 0 fully saturated rings. The molecule has 0 saturated carbocycles. The second-order valence-corrected chi connectivity index (χ2v) is 4.59. The zero-order valence-electron chi connectivity index (χ0n) is 9.37. The van der Waals surface area contributed by atoms with Gasteiger partial charge in [0, 0.05) is 12.1 Å². The average Bonchev–Trinajstić information content (AvgIpc) is 2.29. The fraction of sp³-hybridized carbons (Fsp3) is 0.400. The molecule has 0 aliphatic heterocycles. The predicted molar refractivity (Wildman–Crippen MR) is 71.6 cm³/mol. The van der Waals surface area contributed by atoms with E-state index in [9.17, 15) is 4.79 Å². The van der Waals surface area contributed by atoms with Gasteiger partial charge in [-0.2, -0.15) is 5.10 Å². The Bertz CT molecular complexity index is 461. The Balaban J connectivity index is 2.86. The van der Waals surface area contributed by atoms with Crippen molar-refractivity contribution in [2.24, 2.45) is 0 Å². The molecular formula is C10H13BrClN3O2. The topological polar surface area (TPSA) is 56.1 Å². The number of ether oxygens (including phenoxy) is 1. The lowest BCUT2D eigenvalue weighted by Crippen LogP contribution is -2.26.